The van der Waals surface area contributed by atoms with Crippen molar-refractivity contribution in [3.63, 3.8) is 0 Å². The second kappa shape index (κ2) is 7.51. The van der Waals surface area contributed by atoms with E-state index in [1.165, 1.54) is 0 Å². The lowest BCUT2D eigenvalue weighted by molar-refractivity contribution is -0.118. The predicted molar refractivity (Wildman–Crippen MR) is 98.5 cm³/mol. The first-order valence-corrected chi connectivity index (χ1v) is 8.13. The van der Waals surface area contributed by atoms with Gasteiger partial charge in [0.1, 0.15) is 5.75 Å². The quantitative estimate of drug-likeness (QED) is 0.851. The van der Waals surface area contributed by atoms with E-state index in [0.29, 0.717) is 0 Å². The van der Waals surface area contributed by atoms with Crippen LogP contribution in [0.15, 0.2) is 40.9 Å². The highest BCUT2D eigenvalue weighted by molar-refractivity contribution is 9.10. The Labute approximate surface area is 145 Å². The minimum Gasteiger partial charge on any atom is -0.483 e. The predicted octanol–water partition coefficient (Wildman–Crippen LogP) is 4.15. The molecule has 0 bridgehead atoms. The molecule has 0 saturated heterocycles. The fourth-order valence-corrected chi connectivity index (χ4v) is 2.55. The first kappa shape index (κ1) is 17.3. The summed E-state index contributed by atoms with van der Waals surface area (Å²) in [4.78, 5) is 14.0. The molecule has 0 heterocycles. The normalized spacial score (nSPS) is 10.3. The Morgan fingerprint density at radius 1 is 1.13 bits per heavy atom. The number of carbonyl (C=O) groups is 1. The highest BCUT2D eigenvalue weighted by atomic mass is 79.9. The number of anilines is 2. The summed E-state index contributed by atoms with van der Waals surface area (Å²) in [7, 11) is 3.95. The summed E-state index contributed by atoms with van der Waals surface area (Å²) in [5.41, 5.74) is 3.91. The molecule has 0 saturated carbocycles. The zero-order valence-corrected chi connectivity index (χ0v) is 15.4. The molecule has 0 fully saturated rings. The van der Waals surface area contributed by atoms with Crippen molar-refractivity contribution in [2.75, 3.05) is 30.9 Å². The summed E-state index contributed by atoms with van der Waals surface area (Å²) >= 11 is 3.48. The van der Waals surface area contributed by atoms with E-state index in [0.717, 1.165) is 32.7 Å². The first-order chi connectivity index (χ1) is 10.9. The van der Waals surface area contributed by atoms with Crippen LogP contribution in [0.4, 0.5) is 11.4 Å². The molecule has 0 unspecified atom stereocenters. The number of nitrogens with one attached hydrogen (secondary N) is 1. The van der Waals surface area contributed by atoms with E-state index in [1.807, 2.05) is 69.2 Å². The summed E-state index contributed by atoms with van der Waals surface area (Å²) in [5.74, 6) is 0.548. The monoisotopic (exact) mass is 376 g/mol. The van der Waals surface area contributed by atoms with Crippen LogP contribution < -0.4 is 15.0 Å². The summed E-state index contributed by atoms with van der Waals surface area (Å²) in [6, 6.07) is 11.6. The first-order valence-electron chi connectivity index (χ1n) is 7.33. The standard InChI is InChI=1S/C18H21BrN2O2/c1-12-10-17(13(2)9-16(12)19)23-11-18(22)20-14-5-7-15(8-6-14)21(3)4/h5-10H,11H2,1-4H3,(H,20,22). The smallest absolute Gasteiger partial charge is 0.262 e. The van der Waals surface area contributed by atoms with Crippen LogP contribution in [0.3, 0.4) is 0 Å². The molecule has 4 nitrogen and oxygen atoms in total. The van der Waals surface area contributed by atoms with Crippen LogP contribution in [0.5, 0.6) is 5.75 Å². The van der Waals surface area contributed by atoms with Crippen LogP contribution in [-0.4, -0.2) is 26.6 Å². The van der Waals surface area contributed by atoms with Crippen LogP contribution in [0.2, 0.25) is 0 Å². The number of rotatable bonds is 5. The van der Waals surface area contributed by atoms with Crippen molar-refractivity contribution in [2.24, 2.45) is 0 Å². The summed E-state index contributed by atoms with van der Waals surface area (Å²) in [6.07, 6.45) is 0. The topological polar surface area (TPSA) is 41.6 Å². The number of benzene rings is 2. The van der Waals surface area contributed by atoms with Gasteiger partial charge in [0.2, 0.25) is 0 Å². The molecule has 2 aromatic rings. The molecule has 0 atom stereocenters. The van der Waals surface area contributed by atoms with E-state index >= 15 is 0 Å². The van der Waals surface area contributed by atoms with Gasteiger partial charge in [-0.2, -0.15) is 0 Å². The Kier molecular flexibility index (Phi) is 5.66. The van der Waals surface area contributed by atoms with Crippen molar-refractivity contribution in [3.05, 3.63) is 52.0 Å². The van der Waals surface area contributed by atoms with Gasteiger partial charge in [0.25, 0.3) is 5.91 Å². The highest BCUT2D eigenvalue weighted by Gasteiger charge is 2.08. The molecule has 122 valence electrons. The fourth-order valence-electron chi connectivity index (χ4n) is 2.09. The van der Waals surface area contributed by atoms with Crippen LogP contribution in [0.25, 0.3) is 0 Å². The number of amides is 1. The van der Waals surface area contributed by atoms with Crippen LogP contribution in [0, 0.1) is 13.8 Å². The molecule has 2 rings (SSSR count). The Morgan fingerprint density at radius 3 is 2.39 bits per heavy atom. The number of hydrogen-bond donors (Lipinski definition) is 1. The van der Waals surface area contributed by atoms with Gasteiger partial charge in [0, 0.05) is 29.9 Å². The van der Waals surface area contributed by atoms with Crippen molar-refractivity contribution >= 4 is 33.2 Å². The van der Waals surface area contributed by atoms with Crippen LogP contribution in [0.1, 0.15) is 11.1 Å². The van der Waals surface area contributed by atoms with Crippen molar-refractivity contribution < 1.29 is 9.53 Å². The minimum atomic E-state index is -0.178. The van der Waals surface area contributed by atoms with Crippen LogP contribution in [-0.2, 0) is 4.79 Å². The van der Waals surface area contributed by atoms with Crippen molar-refractivity contribution in [1.82, 2.24) is 0 Å². The van der Waals surface area contributed by atoms with Crippen molar-refractivity contribution in [1.29, 1.82) is 0 Å². The number of nitrogens with zero attached hydrogens (tertiary/aromatic N) is 1. The Hall–Kier alpha value is -2.01. The molecule has 1 N–H and O–H groups in total. The second-order valence-corrected chi connectivity index (χ2v) is 6.50. The molecule has 1 amide bonds. The van der Waals surface area contributed by atoms with Gasteiger partial charge in [0.05, 0.1) is 0 Å². The van der Waals surface area contributed by atoms with Gasteiger partial charge in [-0.15, -0.1) is 0 Å². The number of hydrogen-bond acceptors (Lipinski definition) is 3. The lowest BCUT2D eigenvalue weighted by Crippen LogP contribution is -2.20. The molecule has 0 radical (unpaired) electrons. The SMILES string of the molecule is Cc1cc(OCC(=O)Nc2ccc(N(C)C)cc2)c(C)cc1Br. The summed E-state index contributed by atoms with van der Waals surface area (Å²) in [6.45, 7) is 3.93. The van der Waals surface area contributed by atoms with Gasteiger partial charge >= 0.3 is 0 Å². The number of ether oxygens (including phenoxy) is 1. The summed E-state index contributed by atoms with van der Waals surface area (Å²) < 4.78 is 6.66. The minimum absolute atomic E-state index is 0.0165. The molecular weight excluding hydrogens is 356 g/mol. The van der Waals surface area contributed by atoms with Crippen molar-refractivity contribution in [2.45, 2.75) is 13.8 Å². The van der Waals surface area contributed by atoms with E-state index in [1.54, 1.807) is 0 Å². The molecule has 0 aliphatic rings. The van der Waals surface area contributed by atoms with E-state index < -0.39 is 0 Å². The maximum absolute atomic E-state index is 12.0. The highest BCUT2D eigenvalue weighted by Crippen LogP contribution is 2.26. The van der Waals surface area contributed by atoms with E-state index in [-0.39, 0.29) is 12.5 Å². The van der Waals surface area contributed by atoms with Gasteiger partial charge in [-0.25, -0.2) is 0 Å². The maximum Gasteiger partial charge on any atom is 0.262 e. The number of halogens is 1. The van der Waals surface area contributed by atoms with E-state index in [4.69, 9.17) is 4.74 Å². The molecule has 23 heavy (non-hydrogen) atoms. The average Bonchev–Trinajstić information content (AvgIpc) is 2.50. The molecule has 0 aromatic heterocycles. The largest absolute Gasteiger partial charge is 0.483 e. The van der Waals surface area contributed by atoms with E-state index in [9.17, 15) is 4.79 Å². The average molecular weight is 377 g/mol. The lowest BCUT2D eigenvalue weighted by Gasteiger charge is -2.14. The lowest BCUT2D eigenvalue weighted by atomic mass is 10.1. The zero-order valence-electron chi connectivity index (χ0n) is 13.8. The Morgan fingerprint density at radius 2 is 1.78 bits per heavy atom. The second-order valence-electron chi connectivity index (χ2n) is 5.65. The fraction of sp³-hybridized carbons (Fsp3) is 0.278. The third kappa shape index (κ3) is 4.73. The molecule has 0 spiro atoms. The number of carbonyl (C=O) groups excluding carboxylic acids is 1. The Bertz CT molecular complexity index is 697. The van der Waals surface area contributed by atoms with Gasteiger partial charge < -0.3 is 15.0 Å². The molecule has 0 aliphatic heterocycles. The van der Waals surface area contributed by atoms with Crippen LogP contribution >= 0.6 is 15.9 Å². The third-order valence-electron chi connectivity index (χ3n) is 3.48. The zero-order chi connectivity index (χ0) is 17.0. The van der Waals surface area contributed by atoms with Crippen molar-refractivity contribution in [3.8, 4) is 5.75 Å². The summed E-state index contributed by atoms with van der Waals surface area (Å²) in [5, 5.41) is 2.83. The molecular formula is C18H21BrN2O2. The van der Waals surface area contributed by atoms with Gasteiger partial charge in [-0.1, -0.05) is 15.9 Å². The molecule has 0 aliphatic carbocycles. The number of aryl methyl sites for hydroxylation is 2. The van der Waals surface area contributed by atoms with Gasteiger partial charge in [0.15, 0.2) is 6.61 Å². The molecule has 2 aromatic carbocycles. The van der Waals surface area contributed by atoms with Gasteiger partial charge in [-0.3, -0.25) is 4.79 Å². The Balaban J connectivity index is 1.94. The maximum atomic E-state index is 12.0. The van der Waals surface area contributed by atoms with Gasteiger partial charge in [-0.05, 0) is 61.4 Å². The molecule has 5 heteroatoms. The van der Waals surface area contributed by atoms with E-state index in [2.05, 4.69) is 21.2 Å². The third-order valence-corrected chi connectivity index (χ3v) is 4.34.